The third kappa shape index (κ3) is 4.68. The van der Waals surface area contributed by atoms with Crippen LogP contribution in [-0.4, -0.2) is 40.1 Å². The molecule has 1 amide bonds. The van der Waals surface area contributed by atoms with Crippen molar-refractivity contribution in [3.8, 4) is 11.5 Å². The molecule has 9 heteroatoms. The van der Waals surface area contributed by atoms with Crippen molar-refractivity contribution in [3.05, 3.63) is 65.4 Å². The number of aromatic nitrogens is 3. The van der Waals surface area contributed by atoms with Crippen molar-refractivity contribution in [2.24, 2.45) is 0 Å². The minimum atomic E-state index is -0.454. The number of hydrogen-bond donors (Lipinski definition) is 2. The fourth-order valence-corrected chi connectivity index (χ4v) is 4.31. The number of carbonyl (C=O) groups excluding carboxylic acids is 1. The predicted octanol–water partition coefficient (Wildman–Crippen LogP) is 4.73. The number of benzene rings is 2. The van der Waals surface area contributed by atoms with Gasteiger partial charge in [-0.1, -0.05) is 43.0 Å². The number of anilines is 2. The SMILES string of the molecule is CCOc1ccccc1NC(=O)C1=C(C)Nc2nc(SCC)nn2C1c1ccc(OC)cc1. The highest BCUT2D eigenvalue weighted by Gasteiger charge is 2.34. The average molecular weight is 466 g/mol. The largest absolute Gasteiger partial charge is 0.497 e. The summed E-state index contributed by atoms with van der Waals surface area (Å²) in [5, 5.41) is 11.6. The highest BCUT2D eigenvalue weighted by molar-refractivity contribution is 7.99. The maximum Gasteiger partial charge on any atom is 0.255 e. The predicted molar refractivity (Wildman–Crippen MR) is 130 cm³/mol. The topological polar surface area (TPSA) is 90.3 Å². The van der Waals surface area contributed by atoms with E-state index in [-0.39, 0.29) is 5.91 Å². The molecule has 1 aliphatic heterocycles. The second-order valence-corrected chi connectivity index (χ2v) is 8.55. The molecule has 0 spiro atoms. The van der Waals surface area contributed by atoms with Crippen LogP contribution in [0.4, 0.5) is 11.6 Å². The summed E-state index contributed by atoms with van der Waals surface area (Å²) in [5.74, 6) is 2.59. The highest BCUT2D eigenvalue weighted by atomic mass is 32.2. The zero-order valence-electron chi connectivity index (χ0n) is 19.1. The molecule has 3 aromatic rings. The number of nitrogens with one attached hydrogen (secondary N) is 2. The molecular formula is C24H27N5O3S. The number of hydrogen-bond acceptors (Lipinski definition) is 7. The van der Waals surface area contributed by atoms with Crippen LogP contribution >= 0.6 is 11.8 Å². The summed E-state index contributed by atoms with van der Waals surface area (Å²) in [5.41, 5.74) is 2.79. The number of fused-ring (bicyclic) bond motifs is 1. The van der Waals surface area contributed by atoms with E-state index in [0.29, 0.717) is 34.7 Å². The van der Waals surface area contributed by atoms with E-state index in [4.69, 9.17) is 14.6 Å². The number of ether oxygens (including phenoxy) is 2. The Bertz CT molecular complexity index is 1170. The van der Waals surface area contributed by atoms with E-state index in [0.717, 1.165) is 22.8 Å². The third-order valence-electron chi connectivity index (χ3n) is 5.22. The number of rotatable bonds is 8. The van der Waals surface area contributed by atoms with E-state index in [1.807, 2.05) is 62.4 Å². The number of carbonyl (C=O) groups is 1. The van der Waals surface area contributed by atoms with Crippen LogP contribution in [0.2, 0.25) is 0 Å². The van der Waals surface area contributed by atoms with Crippen LogP contribution in [0.5, 0.6) is 11.5 Å². The lowest BCUT2D eigenvalue weighted by Gasteiger charge is -2.29. The Labute approximate surface area is 197 Å². The van der Waals surface area contributed by atoms with Gasteiger partial charge >= 0.3 is 0 Å². The first-order valence-electron chi connectivity index (χ1n) is 10.8. The van der Waals surface area contributed by atoms with Gasteiger partial charge in [-0.3, -0.25) is 4.79 Å². The molecule has 2 N–H and O–H groups in total. The molecule has 0 fully saturated rings. The Morgan fingerprint density at radius 3 is 2.64 bits per heavy atom. The number of para-hydroxylation sites is 2. The van der Waals surface area contributed by atoms with Gasteiger partial charge in [0.05, 0.1) is 25.0 Å². The summed E-state index contributed by atoms with van der Waals surface area (Å²) in [6.07, 6.45) is 0. The molecular weight excluding hydrogens is 438 g/mol. The Balaban J connectivity index is 1.76. The number of nitrogens with zero attached hydrogens (tertiary/aromatic N) is 3. The maximum absolute atomic E-state index is 13.6. The van der Waals surface area contributed by atoms with Gasteiger partial charge in [0.2, 0.25) is 11.1 Å². The van der Waals surface area contributed by atoms with Crippen LogP contribution < -0.4 is 20.1 Å². The molecule has 1 aliphatic rings. The number of amides is 1. The Hall–Kier alpha value is -3.46. The van der Waals surface area contributed by atoms with Crippen LogP contribution in [0, 0.1) is 0 Å². The van der Waals surface area contributed by atoms with E-state index in [9.17, 15) is 4.79 Å². The van der Waals surface area contributed by atoms with E-state index >= 15 is 0 Å². The molecule has 2 aromatic carbocycles. The van der Waals surface area contributed by atoms with Crippen LogP contribution in [-0.2, 0) is 4.79 Å². The monoisotopic (exact) mass is 465 g/mol. The fourth-order valence-electron chi connectivity index (χ4n) is 3.75. The lowest BCUT2D eigenvalue weighted by molar-refractivity contribution is -0.113. The Kier molecular flexibility index (Phi) is 6.88. The molecule has 33 heavy (non-hydrogen) atoms. The lowest BCUT2D eigenvalue weighted by atomic mass is 9.95. The number of allylic oxidation sites excluding steroid dienone is 1. The van der Waals surface area contributed by atoms with Gasteiger partial charge in [0.15, 0.2) is 0 Å². The van der Waals surface area contributed by atoms with Gasteiger partial charge in [0.1, 0.15) is 17.5 Å². The molecule has 1 aromatic heterocycles. The molecule has 0 radical (unpaired) electrons. The molecule has 4 rings (SSSR count). The molecule has 0 aliphatic carbocycles. The van der Waals surface area contributed by atoms with Crippen molar-refractivity contribution in [1.82, 2.24) is 14.8 Å². The average Bonchev–Trinajstić information content (AvgIpc) is 3.21. The summed E-state index contributed by atoms with van der Waals surface area (Å²) in [7, 11) is 1.63. The molecule has 0 saturated carbocycles. The molecule has 0 bridgehead atoms. The fraction of sp³-hybridized carbons (Fsp3) is 0.292. The third-order valence-corrected chi connectivity index (χ3v) is 5.94. The quantitative estimate of drug-likeness (QED) is 0.465. The van der Waals surface area contributed by atoms with E-state index in [2.05, 4.69) is 22.5 Å². The number of methoxy groups -OCH3 is 1. The van der Waals surface area contributed by atoms with E-state index in [1.165, 1.54) is 0 Å². The second-order valence-electron chi connectivity index (χ2n) is 7.32. The van der Waals surface area contributed by atoms with Crippen LogP contribution in [0.1, 0.15) is 32.4 Å². The van der Waals surface area contributed by atoms with E-state index in [1.54, 1.807) is 23.6 Å². The second kappa shape index (κ2) is 9.99. The van der Waals surface area contributed by atoms with Gasteiger partial charge in [-0.2, -0.15) is 4.98 Å². The standard InChI is InChI=1S/C24H27N5O3S/c1-5-32-19-10-8-7-9-18(19)26-22(30)20-15(3)25-23-27-24(33-6-2)28-29(23)21(20)16-11-13-17(31-4)14-12-16/h7-14,21H,5-6H2,1-4H3,(H,26,30)(H,25,27,28). The molecule has 0 saturated heterocycles. The minimum Gasteiger partial charge on any atom is -0.497 e. The molecule has 1 atom stereocenters. The van der Waals surface area contributed by atoms with Gasteiger partial charge in [-0.25, -0.2) is 4.68 Å². The highest BCUT2D eigenvalue weighted by Crippen LogP contribution is 2.37. The normalized spacial score (nSPS) is 15.0. The van der Waals surface area contributed by atoms with Gasteiger partial charge in [-0.05, 0) is 49.4 Å². The summed E-state index contributed by atoms with van der Waals surface area (Å²) in [4.78, 5) is 18.2. The first-order valence-corrected chi connectivity index (χ1v) is 11.8. The zero-order chi connectivity index (χ0) is 23.4. The van der Waals surface area contributed by atoms with Gasteiger partial charge in [0, 0.05) is 5.70 Å². The van der Waals surface area contributed by atoms with Crippen molar-refractivity contribution in [3.63, 3.8) is 0 Å². The summed E-state index contributed by atoms with van der Waals surface area (Å²) < 4.78 is 12.8. The first-order chi connectivity index (χ1) is 16.0. The summed E-state index contributed by atoms with van der Waals surface area (Å²) in [6.45, 7) is 6.35. The van der Waals surface area contributed by atoms with E-state index < -0.39 is 6.04 Å². The van der Waals surface area contributed by atoms with Gasteiger partial charge in [0.25, 0.3) is 5.91 Å². The van der Waals surface area contributed by atoms with Crippen LogP contribution in [0.3, 0.4) is 0 Å². The Morgan fingerprint density at radius 1 is 1.18 bits per heavy atom. The van der Waals surface area contributed by atoms with Crippen LogP contribution in [0.15, 0.2) is 65.0 Å². The molecule has 1 unspecified atom stereocenters. The molecule has 8 nitrogen and oxygen atoms in total. The maximum atomic E-state index is 13.6. The minimum absolute atomic E-state index is 0.237. The number of thioether (sulfide) groups is 1. The smallest absolute Gasteiger partial charge is 0.255 e. The van der Waals surface area contributed by atoms with Crippen molar-refractivity contribution in [2.45, 2.75) is 32.0 Å². The van der Waals surface area contributed by atoms with Crippen molar-refractivity contribution in [1.29, 1.82) is 0 Å². The van der Waals surface area contributed by atoms with Gasteiger partial charge < -0.3 is 20.1 Å². The van der Waals surface area contributed by atoms with Crippen LogP contribution in [0.25, 0.3) is 0 Å². The summed E-state index contributed by atoms with van der Waals surface area (Å²) >= 11 is 1.55. The molecule has 2 heterocycles. The lowest BCUT2D eigenvalue weighted by Crippen LogP contribution is -2.31. The first kappa shape index (κ1) is 22.7. The van der Waals surface area contributed by atoms with Crippen molar-refractivity contribution in [2.75, 3.05) is 30.1 Å². The van der Waals surface area contributed by atoms with Gasteiger partial charge in [-0.15, -0.1) is 5.10 Å². The van der Waals surface area contributed by atoms with Crippen molar-refractivity contribution >= 4 is 29.3 Å². The zero-order valence-corrected chi connectivity index (χ0v) is 19.9. The summed E-state index contributed by atoms with van der Waals surface area (Å²) in [6, 6.07) is 14.6. The molecule has 172 valence electrons. The Morgan fingerprint density at radius 2 is 1.94 bits per heavy atom. The van der Waals surface area contributed by atoms with Crippen molar-refractivity contribution < 1.29 is 14.3 Å².